The van der Waals surface area contributed by atoms with Crippen LogP contribution < -0.4 is 0 Å². The van der Waals surface area contributed by atoms with Gasteiger partial charge in [0.25, 0.3) is 0 Å². The molecule has 6 aliphatic heterocycles. The van der Waals surface area contributed by atoms with Crippen molar-refractivity contribution in [2.75, 3.05) is 59.9 Å². The third kappa shape index (κ3) is 20.3. The first-order valence-corrected chi connectivity index (χ1v) is 38.2. The van der Waals surface area contributed by atoms with Gasteiger partial charge in [-0.15, -0.1) is 0 Å². The maximum absolute atomic E-state index is 15.3. The first kappa shape index (κ1) is 80.9. The van der Waals surface area contributed by atoms with Crippen molar-refractivity contribution < 1.29 is 114 Å². The average molecular weight is 1560 g/mol. The summed E-state index contributed by atoms with van der Waals surface area (Å²) < 4.78 is 136. The quantitative estimate of drug-likeness (QED) is 0.00944. The van der Waals surface area contributed by atoms with Crippen molar-refractivity contribution >= 4 is 23.9 Å². The van der Waals surface area contributed by atoms with Gasteiger partial charge in [-0.2, -0.15) is 0 Å². The number of azide groups is 1. The van der Waals surface area contributed by atoms with Crippen LogP contribution in [0.3, 0.4) is 0 Å². The standard InChI is InChI=1S/C87H91N3O24/c1-54-68(64(50-97-48-56-28-12-4-13-29-56)102-84(99-47-46-96-45-44-89-90-88)70(54)106-78(91)58-32-16-6-17-33-58)111-87-77(109-81(94)61-38-22-9-23-39-61)75(73-67(105-87)53-101-83(113-73)63-42-26-11-27-43-63)114-85-71(107-79(92)59-34-18-7-19-35-59)55(2)69(65(103-85)51-98-49-57-30-14-5-15-31-57)110-86-76(108-80(93)60-36-20-8-21-37-60)74(95-3)72-66(104-86)52-100-82(112-72)62-40-24-10-25-41-62/h4-43,54-55,64-77,82-87H,44-53H2,1-3H3. The van der Waals surface area contributed by atoms with Crippen molar-refractivity contribution in [2.24, 2.45) is 17.0 Å². The van der Waals surface area contributed by atoms with E-state index in [-0.39, 0.29) is 88.3 Å². The Hall–Kier alpha value is -9.69. The summed E-state index contributed by atoms with van der Waals surface area (Å²) in [5.74, 6) is -4.90. The van der Waals surface area contributed by atoms with E-state index in [0.29, 0.717) is 5.56 Å². The fourth-order valence-electron chi connectivity index (χ4n) is 14.7. The number of hydrogen-bond acceptors (Lipinski definition) is 25. The van der Waals surface area contributed by atoms with Crippen molar-refractivity contribution in [3.8, 4) is 0 Å². The first-order chi connectivity index (χ1) is 55.9. The lowest BCUT2D eigenvalue weighted by Crippen LogP contribution is -2.68. The van der Waals surface area contributed by atoms with Gasteiger partial charge in [0.2, 0.25) is 0 Å². The molecule has 0 N–H and O–H groups in total. The minimum absolute atomic E-state index is 0.00531. The summed E-state index contributed by atoms with van der Waals surface area (Å²) in [6.07, 6.45) is -25.0. The van der Waals surface area contributed by atoms with E-state index in [1.54, 1.807) is 135 Å². The van der Waals surface area contributed by atoms with Gasteiger partial charge in [0.15, 0.2) is 62.2 Å². The lowest BCUT2D eigenvalue weighted by molar-refractivity contribution is -0.408. The maximum Gasteiger partial charge on any atom is 0.338 e. The first-order valence-electron chi connectivity index (χ1n) is 38.2. The Kier molecular flexibility index (Phi) is 28.4. The van der Waals surface area contributed by atoms with Gasteiger partial charge >= 0.3 is 23.9 Å². The van der Waals surface area contributed by atoms with Gasteiger partial charge < -0.3 is 94.7 Å². The predicted molar refractivity (Wildman–Crippen MR) is 404 cm³/mol. The average Bonchev–Trinajstić information content (AvgIpc) is 0.769. The summed E-state index contributed by atoms with van der Waals surface area (Å²) in [6, 6.07) is 71.1. The third-order valence-electron chi connectivity index (χ3n) is 20.5. The number of esters is 4. The normalized spacial score (nSPS) is 29.9. The van der Waals surface area contributed by atoms with Crippen LogP contribution in [-0.2, 0) is 108 Å². The smallest absolute Gasteiger partial charge is 0.338 e. The molecule has 8 aromatic rings. The summed E-state index contributed by atoms with van der Waals surface area (Å²) in [6.45, 7) is 3.47. The molecule has 22 unspecified atom stereocenters. The van der Waals surface area contributed by atoms with E-state index in [4.69, 9.17) is 100 Å². The second kappa shape index (κ2) is 40.1. The van der Waals surface area contributed by atoms with Crippen LogP contribution in [0.25, 0.3) is 10.4 Å². The summed E-state index contributed by atoms with van der Waals surface area (Å²) in [5, 5.41) is 3.56. The maximum atomic E-state index is 15.3. The molecule has 6 heterocycles. The van der Waals surface area contributed by atoms with Crippen molar-refractivity contribution in [2.45, 2.75) is 150 Å². The Morgan fingerprint density at radius 1 is 0.386 bits per heavy atom. The molecule has 8 aromatic carbocycles. The van der Waals surface area contributed by atoms with Crippen LogP contribution in [0.15, 0.2) is 248 Å². The number of ether oxygens (including phenoxy) is 20. The van der Waals surface area contributed by atoms with Crippen molar-refractivity contribution in [3.05, 3.63) is 298 Å². The molecule has 6 fully saturated rings. The van der Waals surface area contributed by atoms with Crippen LogP contribution in [0, 0.1) is 11.8 Å². The van der Waals surface area contributed by atoms with Crippen LogP contribution >= 0.6 is 0 Å². The van der Waals surface area contributed by atoms with Crippen LogP contribution in [-0.4, -0.2) is 194 Å². The second-order valence-corrected chi connectivity index (χ2v) is 28.1. The molecule has 0 saturated carbocycles. The highest BCUT2D eigenvalue weighted by Gasteiger charge is 2.61. The Bertz CT molecular complexity index is 4360. The molecule has 14 rings (SSSR count). The van der Waals surface area contributed by atoms with E-state index >= 15 is 9.59 Å². The van der Waals surface area contributed by atoms with E-state index in [0.717, 1.165) is 16.7 Å². The fraction of sp³-hybridized carbons (Fsp3) is 0.402. The van der Waals surface area contributed by atoms with Crippen molar-refractivity contribution in [1.82, 2.24) is 0 Å². The molecule has 0 radical (unpaired) electrons. The monoisotopic (exact) mass is 1560 g/mol. The fourth-order valence-corrected chi connectivity index (χ4v) is 14.7. The Morgan fingerprint density at radius 2 is 0.737 bits per heavy atom. The SMILES string of the molecule is COC1C2OC(c3ccccc3)OCC2OC(OC2C(COCc3ccccc3)OC(OC3C4OC(c5ccccc5)OCC4OC(OC4C(COCc5ccccc5)OC(OCCOCCN=[N+]=[N-])C(OC(=O)c5ccccc5)C4C)C3OC(=O)c3ccccc3)C(OC(=O)c3ccccc3)C2C)C1OC(=O)c1ccccc1. The molecular formula is C87H91N3O24. The minimum Gasteiger partial charge on any atom is -0.453 e. The van der Waals surface area contributed by atoms with Gasteiger partial charge in [0.1, 0.15) is 48.8 Å². The van der Waals surface area contributed by atoms with E-state index in [2.05, 4.69) is 10.0 Å². The molecule has 0 amide bonds. The number of carbonyl (C=O) groups is 4. The lowest BCUT2D eigenvalue weighted by Gasteiger charge is -2.53. The molecule has 0 bridgehead atoms. The molecule has 598 valence electrons. The molecule has 27 heteroatoms. The highest BCUT2D eigenvalue weighted by Crippen LogP contribution is 2.45. The Labute approximate surface area is 659 Å². The van der Waals surface area contributed by atoms with Crippen LogP contribution in [0.5, 0.6) is 0 Å². The van der Waals surface area contributed by atoms with Crippen molar-refractivity contribution in [3.63, 3.8) is 0 Å². The predicted octanol–water partition coefficient (Wildman–Crippen LogP) is 12.2. The second-order valence-electron chi connectivity index (χ2n) is 28.1. The van der Waals surface area contributed by atoms with Gasteiger partial charge in [-0.25, -0.2) is 19.2 Å². The van der Waals surface area contributed by atoms with Crippen LogP contribution in [0.2, 0.25) is 0 Å². The number of methoxy groups -OCH3 is 1. The molecule has 0 aliphatic carbocycles. The number of rotatable bonds is 32. The summed E-state index contributed by atoms with van der Waals surface area (Å²) in [5.41, 5.74) is 12.7. The van der Waals surface area contributed by atoms with E-state index < -0.39 is 159 Å². The highest BCUT2D eigenvalue weighted by atomic mass is 16.8. The largest absolute Gasteiger partial charge is 0.453 e. The zero-order chi connectivity index (χ0) is 78.5. The van der Waals surface area contributed by atoms with Gasteiger partial charge in [-0.3, -0.25) is 0 Å². The topological polar surface area (TPSA) is 302 Å². The number of hydrogen-bond donors (Lipinski definition) is 0. The molecule has 0 aromatic heterocycles. The van der Waals surface area contributed by atoms with Crippen LogP contribution in [0.1, 0.15) is 90.1 Å². The van der Waals surface area contributed by atoms with E-state index in [1.807, 2.05) is 121 Å². The lowest BCUT2D eigenvalue weighted by atomic mass is 9.89. The summed E-state index contributed by atoms with van der Waals surface area (Å²) >= 11 is 0. The van der Waals surface area contributed by atoms with Gasteiger partial charge in [-0.1, -0.05) is 213 Å². The van der Waals surface area contributed by atoms with E-state index in [9.17, 15) is 9.59 Å². The third-order valence-corrected chi connectivity index (χ3v) is 20.5. The molecule has 114 heavy (non-hydrogen) atoms. The molecule has 6 saturated heterocycles. The number of benzene rings is 8. The van der Waals surface area contributed by atoms with Gasteiger partial charge in [-0.05, 0) is 65.2 Å². The van der Waals surface area contributed by atoms with Gasteiger partial charge in [0.05, 0.1) is 93.9 Å². The number of carbonyl (C=O) groups excluding carboxylic acids is 4. The molecular weight excluding hydrogens is 1470 g/mol. The summed E-state index contributed by atoms with van der Waals surface area (Å²) in [7, 11) is 1.48. The Morgan fingerprint density at radius 3 is 1.15 bits per heavy atom. The molecule has 22 atom stereocenters. The zero-order valence-electron chi connectivity index (χ0n) is 63.0. The number of fused-ring (bicyclic) bond motifs is 2. The molecule has 0 spiro atoms. The van der Waals surface area contributed by atoms with E-state index in [1.165, 1.54) is 7.11 Å². The Balaban J connectivity index is 0.856. The minimum atomic E-state index is -1.67. The van der Waals surface area contributed by atoms with Gasteiger partial charge in [0, 0.05) is 41.5 Å². The highest BCUT2D eigenvalue weighted by molar-refractivity contribution is 5.91. The number of nitrogens with zero attached hydrogens (tertiary/aromatic N) is 3. The van der Waals surface area contributed by atoms with Crippen LogP contribution in [0.4, 0.5) is 0 Å². The summed E-state index contributed by atoms with van der Waals surface area (Å²) in [4.78, 5) is 62.2. The molecule has 27 nitrogen and oxygen atoms in total. The van der Waals surface area contributed by atoms with Crippen molar-refractivity contribution in [1.29, 1.82) is 0 Å². The molecule has 6 aliphatic rings. The zero-order valence-corrected chi connectivity index (χ0v) is 63.0.